The van der Waals surface area contributed by atoms with Gasteiger partial charge in [0.25, 0.3) is 0 Å². The van der Waals surface area contributed by atoms with Crippen LogP contribution >= 0.6 is 0 Å². The zero-order valence-corrected chi connectivity index (χ0v) is 41.2. The second-order valence-corrected chi connectivity index (χ2v) is 23.4. The van der Waals surface area contributed by atoms with E-state index < -0.39 is 142 Å². The highest BCUT2D eigenvalue weighted by atomic mass is 16.8. The number of aliphatic hydroxyl groups is 10. The minimum Gasteiger partial charge on any atom is -0.394 e. The van der Waals surface area contributed by atoms with Crippen molar-refractivity contribution in [3.63, 3.8) is 0 Å². The number of allylic oxidation sites excluding steroid dienone is 1. The molecule has 6 heterocycles. The molecule has 400 valence electrons. The highest BCUT2D eigenvalue weighted by molar-refractivity contribution is 5.26. The fraction of sp³-hybridized carbons (Fsp3) is 0.960. The molecule has 6 aliphatic heterocycles. The highest BCUT2D eigenvalue weighted by Crippen LogP contribution is 2.70. The predicted octanol–water partition coefficient (Wildman–Crippen LogP) is -0.295. The van der Waals surface area contributed by atoms with Gasteiger partial charge in [0.1, 0.15) is 79.4 Å². The third-order valence-electron chi connectivity index (χ3n) is 19.4. The van der Waals surface area contributed by atoms with Gasteiger partial charge in [-0.25, -0.2) is 0 Å². The van der Waals surface area contributed by atoms with E-state index in [0.29, 0.717) is 48.3 Å². The van der Waals surface area contributed by atoms with Crippen molar-refractivity contribution in [3.8, 4) is 0 Å². The molecule has 0 aromatic carbocycles. The molecule has 30 atom stereocenters. The van der Waals surface area contributed by atoms with E-state index in [4.69, 9.17) is 47.4 Å². The summed E-state index contributed by atoms with van der Waals surface area (Å²) in [5, 5.41) is 109. The largest absolute Gasteiger partial charge is 0.394 e. The Kier molecular flexibility index (Phi) is 14.8. The Hall–Kier alpha value is -1.06. The molecule has 6 saturated heterocycles. The van der Waals surface area contributed by atoms with Crippen LogP contribution in [0.2, 0.25) is 0 Å². The fourth-order valence-corrected chi connectivity index (χ4v) is 15.2. The lowest BCUT2D eigenvalue weighted by Gasteiger charge is -2.59. The van der Waals surface area contributed by atoms with Crippen LogP contribution in [0.1, 0.15) is 99.3 Å². The summed E-state index contributed by atoms with van der Waals surface area (Å²) in [6.07, 6.45) is -18.5. The van der Waals surface area contributed by atoms with Crippen molar-refractivity contribution < 1.29 is 98.4 Å². The molecule has 0 aromatic rings. The summed E-state index contributed by atoms with van der Waals surface area (Å²) in [4.78, 5) is 0. The molecule has 1 spiro atoms. The molecule has 10 N–H and O–H groups in total. The van der Waals surface area contributed by atoms with Crippen LogP contribution in [-0.2, 0) is 47.4 Å². The Balaban J connectivity index is 0.865. The van der Waals surface area contributed by atoms with Crippen LogP contribution in [0, 0.1) is 46.3 Å². The molecule has 11 unspecified atom stereocenters. The first-order chi connectivity index (χ1) is 33.2. The van der Waals surface area contributed by atoms with Gasteiger partial charge in [0, 0.05) is 12.3 Å². The Bertz CT molecular complexity index is 1850. The predicted molar refractivity (Wildman–Crippen MR) is 239 cm³/mol. The molecular weight excluding hydrogens is 921 g/mol. The molecule has 20 heteroatoms. The summed E-state index contributed by atoms with van der Waals surface area (Å²) in [6, 6.07) is 0. The Labute approximate surface area is 409 Å². The molecule has 0 bridgehead atoms. The van der Waals surface area contributed by atoms with Gasteiger partial charge in [0.05, 0.1) is 44.2 Å². The maximum Gasteiger partial charge on any atom is 0.187 e. The molecular formula is C50H80O20. The van der Waals surface area contributed by atoms with Crippen molar-refractivity contribution in [2.24, 2.45) is 46.3 Å². The van der Waals surface area contributed by atoms with Crippen LogP contribution in [0.25, 0.3) is 0 Å². The molecule has 4 aliphatic carbocycles. The number of hydrogen-bond donors (Lipinski definition) is 10. The lowest BCUT2D eigenvalue weighted by atomic mass is 9.47. The van der Waals surface area contributed by atoms with Crippen molar-refractivity contribution in [1.82, 2.24) is 0 Å². The van der Waals surface area contributed by atoms with Gasteiger partial charge in [-0.05, 0) is 106 Å². The van der Waals surface area contributed by atoms with Crippen molar-refractivity contribution in [3.05, 3.63) is 11.6 Å². The number of ether oxygens (including phenoxy) is 10. The molecule has 0 radical (unpaired) electrons. The Morgan fingerprint density at radius 2 is 1.29 bits per heavy atom. The normalized spacial score (nSPS) is 58.0. The van der Waals surface area contributed by atoms with E-state index >= 15 is 0 Å². The van der Waals surface area contributed by atoms with Crippen LogP contribution < -0.4 is 0 Å². The summed E-state index contributed by atoms with van der Waals surface area (Å²) in [6.45, 7) is 12.1. The van der Waals surface area contributed by atoms with Gasteiger partial charge < -0.3 is 98.4 Å². The van der Waals surface area contributed by atoms with Crippen molar-refractivity contribution in [2.75, 3.05) is 19.8 Å². The lowest BCUT2D eigenvalue weighted by Crippen LogP contribution is -2.67. The van der Waals surface area contributed by atoms with Crippen molar-refractivity contribution >= 4 is 0 Å². The monoisotopic (exact) mass is 1000 g/mol. The maximum atomic E-state index is 12.3. The van der Waals surface area contributed by atoms with E-state index in [9.17, 15) is 51.1 Å². The number of aliphatic hydroxyl groups excluding tert-OH is 10. The third-order valence-corrected chi connectivity index (χ3v) is 19.4. The van der Waals surface area contributed by atoms with Gasteiger partial charge in [-0.1, -0.05) is 39.3 Å². The minimum atomic E-state index is -1.78. The first kappa shape index (κ1) is 52.4. The van der Waals surface area contributed by atoms with E-state index in [-0.39, 0.29) is 16.9 Å². The standard InChI is InChI=1S/C50H80O20/c1-20-9-14-50(62-18-20)21(2)32-30(70-50)16-28-26-8-7-24-15-25(10-12-48(24,5)27(26)11-13-49(28,32)6)65-47-43(69-45-39(59)36(56)33(53)22(3)63-45)40(60)41(31(17-51)66-47)67-46-42(37(57)34(54)23(4)64-46)68-44-38(58)35(55)29(52)19-61-44/h7,20-23,25-47,51-60H,8-19H2,1-6H3/t20?,21?,22-,23-,25?,26?,27?,28?,29+,30?,31+,32?,33-,34-,35-,36+,37+,38+,39+,40-,41+,42+,43+,44-,45-,46-,47+,48?,49?,50?/m0/s1. The first-order valence-electron chi connectivity index (χ1n) is 26.1. The van der Waals surface area contributed by atoms with Crippen LogP contribution in [0.5, 0.6) is 0 Å². The van der Waals surface area contributed by atoms with Crippen molar-refractivity contribution in [1.29, 1.82) is 0 Å². The van der Waals surface area contributed by atoms with Gasteiger partial charge in [-0.15, -0.1) is 0 Å². The zero-order valence-electron chi connectivity index (χ0n) is 41.2. The van der Waals surface area contributed by atoms with E-state index in [1.807, 2.05) is 0 Å². The van der Waals surface area contributed by atoms with Gasteiger partial charge in [-0.3, -0.25) is 0 Å². The quantitative estimate of drug-likeness (QED) is 0.133. The Morgan fingerprint density at radius 1 is 0.629 bits per heavy atom. The van der Waals surface area contributed by atoms with Crippen LogP contribution in [0.15, 0.2) is 11.6 Å². The summed E-state index contributed by atoms with van der Waals surface area (Å²) in [7, 11) is 0. The molecule has 10 aliphatic rings. The van der Waals surface area contributed by atoms with Crippen LogP contribution in [0.3, 0.4) is 0 Å². The van der Waals surface area contributed by atoms with E-state index in [0.717, 1.165) is 51.6 Å². The van der Waals surface area contributed by atoms with Crippen LogP contribution in [0.4, 0.5) is 0 Å². The van der Waals surface area contributed by atoms with Gasteiger partial charge in [0.15, 0.2) is 30.9 Å². The van der Waals surface area contributed by atoms with E-state index in [1.54, 1.807) is 0 Å². The molecule has 0 amide bonds. The number of hydrogen-bond acceptors (Lipinski definition) is 20. The summed E-state index contributed by atoms with van der Waals surface area (Å²) < 4.78 is 62.4. The third kappa shape index (κ3) is 8.79. The van der Waals surface area contributed by atoms with E-state index in [1.165, 1.54) is 19.4 Å². The first-order valence-corrected chi connectivity index (χ1v) is 26.1. The molecule has 9 fully saturated rings. The smallest absolute Gasteiger partial charge is 0.187 e. The number of fused-ring (bicyclic) bond motifs is 7. The average molecular weight is 1000 g/mol. The molecule has 20 nitrogen and oxygen atoms in total. The lowest BCUT2D eigenvalue weighted by molar-refractivity contribution is -0.397. The summed E-state index contributed by atoms with van der Waals surface area (Å²) in [5.74, 6) is 2.44. The zero-order chi connectivity index (χ0) is 49.9. The van der Waals surface area contributed by atoms with Gasteiger partial charge >= 0.3 is 0 Å². The number of rotatable bonds is 9. The second kappa shape index (κ2) is 19.8. The maximum absolute atomic E-state index is 12.3. The SMILES string of the molecule is CC1CCC2(OC1)OC1CC3C4CC=C5CC(O[C@@H]6O[C@H](CO)[C@@H](O[C@@H]7O[C@@H](C)[C@H](O)[C@@H](O)[C@H]7O[C@@H]7OC[C@@H](O)[C@H](O)[C@H]7O)[C@H](O)[C@H]6O[C@@H]6O[C@@H](C)[C@H](O)[C@@H](O)[C@H]6O)CCC5(C)C4CCC3(C)C1C2C. The van der Waals surface area contributed by atoms with Gasteiger partial charge in [-0.2, -0.15) is 0 Å². The summed E-state index contributed by atoms with van der Waals surface area (Å²) >= 11 is 0. The average Bonchev–Trinajstić information content (AvgIpc) is 3.78. The molecule has 70 heavy (non-hydrogen) atoms. The second-order valence-electron chi connectivity index (χ2n) is 23.4. The van der Waals surface area contributed by atoms with Crippen molar-refractivity contribution in [2.45, 2.75) is 234 Å². The molecule has 10 rings (SSSR count). The Morgan fingerprint density at radius 3 is 2.00 bits per heavy atom. The van der Waals surface area contributed by atoms with E-state index in [2.05, 4.69) is 33.8 Å². The van der Waals surface area contributed by atoms with Crippen LogP contribution in [-0.4, -0.2) is 206 Å². The highest BCUT2D eigenvalue weighted by Gasteiger charge is 2.69. The minimum absolute atomic E-state index is 0.0643. The molecule has 0 aromatic heterocycles. The summed E-state index contributed by atoms with van der Waals surface area (Å²) in [5.41, 5.74) is 1.42. The van der Waals surface area contributed by atoms with Gasteiger partial charge in [0.2, 0.25) is 0 Å². The fourth-order valence-electron chi connectivity index (χ4n) is 15.2. The topological polar surface area (TPSA) is 295 Å². The molecule has 3 saturated carbocycles.